The van der Waals surface area contributed by atoms with Crippen LogP contribution in [0.5, 0.6) is 0 Å². The first-order valence-corrected chi connectivity index (χ1v) is 11.1. The minimum Gasteiger partial charge on any atom is -0.355 e. The fraction of sp³-hybridized carbons (Fsp3) is 0.391. The Labute approximate surface area is 176 Å². The van der Waals surface area contributed by atoms with Crippen molar-refractivity contribution in [2.24, 2.45) is 0 Å². The first-order chi connectivity index (χ1) is 14.0. The van der Waals surface area contributed by atoms with Gasteiger partial charge in [-0.3, -0.25) is 9.59 Å². The lowest BCUT2D eigenvalue weighted by Crippen LogP contribution is -2.49. The monoisotopic (exact) mass is 416 g/mol. The van der Waals surface area contributed by atoms with Crippen LogP contribution in [0.1, 0.15) is 37.8 Å². The number of benzene rings is 2. The maximum atomic E-state index is 13.2. The average molecular weight is 417 g/mol. The fourth-order valence-electron chi connectivity index (χ4n) is 3.07. The van der Waals surface area contributed by atoms with E-state index in [0.29, 0.717) is 25.1 Å². The second kappa shape index (κ2) is 12.3. The molecule has 2 aromatic rings. The lowest BCUT2D eigenvalue weighted by molar-refractivity contribution is -0.141. The number of hydrogen-bond donors (Lipinski definition) is 1. The molecule has 0 aromatic heterocycles. The van der Waals surface area contributed by atoms with Gasteiger partial charge in [-0.25, -0.2) is 4.39 Å². The van der Waals surface area contributed by atoms with Gasteiger partial charge in [0.2, 0.25) is 11.8 Å². The molecule has 6 heteroatoms. The number of carbonyl (C=O) groups is 2. The Morgan fingerprint density at radius 1 is 1.03 bits per heavy atom. The van der Waals surface area contributed by atoms with Gasteiger partial charge in [-0.15, -0.1) is 0 Å². The summed E-state index contributed by atoms with van der Waals surface area (Å²) < 4.78 is 13.2. The summed E-state index contributed by atoms with van der Waals surface area (Å²) in [6.45, 7) is 4.56. The number of hydrogen-bond acceptors (Lipinski definition) is 3. The Morgan fingerprint density at radius 2 is 1.72 bits per heavy atom. The van der Waals surface area contributed by atoms with E-state index in [9.17, 15) is 14.0 Å². The number of nitrogens with zero attached hydrogens (tertiary/aromatic N) is 1. The molecule has 0 saturated carbocycles. The van der Waals surface area contributed by atoms with Gasteiger partial charge in [0.15, 0.2) is 0 Å². The summed E-state index contributed by atoms with van der Waals surface area (Å²) in [6.07, 6.45) is 0.879. The molecule has 0 radical (unpaired) electrons. The van der Waals surface area contributed by atoms with E-state index in [1.54, 1.807) is 28.8 Å². The van der Waals surface area contributed by atoms with Gasteiger partial charge in [0, 0.05) is 31.0 Å². The predicted molar refractivity (Wildman–Crippen MR) is 117 cm³/mol. The molecule has 0 saturated heterocycles. The number of amides is 2. The van der Waals surface area contributed by atoms with Crippen molar-refractivity contribution >= 4 is 23.6 Å². The minimum absolute atomic E-state index is 0.0620. The molecule has 1 N–H and O–H groups in total. The molecule has 0 aliphatic carbocycles. The quantitative estimate of drug-likeness (QED) is 0.553. The van der Waals surface area contributed by atoms with Crippen molar-refractivity contribution in [3.05, 3.63) is 71.5 Å². The van der Waals surface area contributed by atoms with E-state index in [-0.39, 0.29) is 24.2 Å². The molecule has 0 aliphatic heterocycles. The standard InChI is InChI=1S/C23H29FN2O2S/c1-3-21(23(28)25-4-2)26(16-18-10-12-20(24)13-11-18)22(27)14-15-29-17-19-8-6-5-7-9-19/h5-13,21H,3-4,14-17H2,1-2H3,(H,25,28)/t21-/m0/s1. The van der Waals surface area contributed by atoms with Crippen LogP contribution in [0.3, 0.4) is 0 Å². The van der Waals surface area contributed by atoms with Crippen LogP contribution >= 0.6 is 11.8 Å². The molecule has 0 fully saturated rings. The van der Waals surface area contributed by atoms with Crippen molar-refractivity contribution in [2.75, 3.05) is 12.3 Å². The molecule has 4 nitrogen and oxygen atoms in total. The summed E-state index contributed by atoms with van der Waals surface area (Å²) in [5.74, 6) is 0.995. The van der Waals surface area contributed by atoms with E-state index in [2.05, 4.69) is 17.4 Å². The lowest BCUT2D eigenvalue weighted by Gasteiger charge is -2.30. The Balaban J connectivity index is 2.02. The van der Waals surface area contributed by atoms with Gasteiger partial charge in [-0.2, -0.15) is 11.8 Å². The van der Waals surface area contributed by atoms with Gasteiger partial charge in [0.25, 0.3) is 0 Å². The highest BCUT2D eigenvalue weighted by Crippen LogP contribution is 2.17. The molecule has 0 unspecified atom stereocenters. The van der Waals surface area contributed by atoms with E-state index in [4.69, 9.17) is 0 Å². The minimum atomic E-state index is -0.536. The zero-order chi connectivity index (χ0) is 21.1. The Hall–Kier alpha value is -2.34. The molecule has 0 aliphatic rings. The topological polar surface area (TPSA) is 49.4 Å². The van der Waals surface area contributed by atoms with Crippen molar-refractivity contribution in [3.63, 3.8) is 0 Å². The molecule has 0 bridgehead atoms. The van der Waals surface area contributed by atoms with Gasteiger partial charge in [-0.1, -0.05) is 49.4 Å². The highest BCUT2D eigenvalue weighted by molar-refractivity contribution is 7.98. The molecule has 29 heavy (non-hydrogen) atoms. The predicted octanol–water partition coefficient (Wildman–Crippen LogP) is 4.39. The number of thioether (sulfide) groups is 1. The SMILES string of the molecule is CCNC(=O)[C@H](CC)N(Cc1ccc(F)cc1)C(=O)CCSCc1ccccc1. The zero-order valence-electron chi connectivity index (χ0n) is 17.1. The van der Waals surface area contributed by atoms with E-state index in [1.165, 1.54) is 17.7 Å². The molecule has 0 spiro atoms. The Kier molecular flexibility index (Phi) is 9.71. The third-order valence-corrected chi connectivity index (χ3v) is 5.61. The van der Waals surface area contributed by atoms with E-state index in [1.807, 2.05) is 32.0 Å². The third-order valence-electron chi connectivity index (χ3n) is 4.57. The smallest absolute Gasteiger partial charge is 0.242 e. The highest BCUT2D eigenvalue weighted by Gasteiger charge is 2.27. The molecule has 2 amide bonds. The number of halogens is 1. The summed E-state index contributed by atoms with van der Waals surface area (Å²) in [5, 5.41) is 2.82. The van der Waals surface area contributed by atoms with E-state index >= 15 is 0 Å². The summed E-state index contributed by atoms with van der Waals surface area (Å²) in [4.78, 5) is 27.1. The number of nitrogens with one attached hydrogen (secondary N) is 1. The van der Waals surface area contributed by atoms with Crippen molar-refractivity contribution in [2.45, 2.75) is 45.0 Å². The third kappa shape index (κ3) is 7.54. The molecule has 2 rings (SSSR count). The van der Waals surface area contributed by atoms with Crippen molar-refractivity contribution < 1.29 is 14.0 Å². The summed E-state index contributed by atoms with van der Waals surface area (Å²) in [5.41, 5.74) is 2.03. The number of carbonyl (C=O) groups excluding carboxylic acids is 2. The van der Waals surface area contributed by atoms with Crippen LogP contribution in [0.15, 0.2) is 54.6 Å². The largest absolute Gasteiger partial charge is 0.355 e. The molecule has 156 valence electrons. The fourth-order valence-corrected chi connectivity index (χ4v) is 3.96. The molecule has 1 atom stereocenters. The van der Waals surface area contributed by atoms with Crippen LogP contribution in [-0.4, -0.2) is 35.1 Å². The molecular weight excluding hydrogens is 387 g/mol. The highest BCUT2D eigenvalue weighted by atomic mass is 32.2. The second-order valence-electron chi connectivity index (χ2n) is 6.75. The molecular formula is C23H29FN2O2S. The molecule has 0 heterocycles. The van der Waals surface area contributed by atoms with Gasteiger partial charge >= 0.3 is 0 Å². The lowest BCUT2D eigenvalue weighted by atomic mass is 10.1. The van der Waals surface area contributed by atoms with Crippen LogP contribution < -0.4 is 5.32 Å². The van der Waals surface area contributed by atoms with Crippen LogP contribution in [0.25, 0.3) is 0 Å². The first-order valence-electron chi connectivity index (χ1n) is 9.98. The number of likely N-dealkylation sites (N-methyl/N-ethyl adjacent to an activating group) is 1. The maximum absolute atomic E-state index is 13.2. The second-order valence-corrected chi connectivity index (χ2v) is 7.86. The first kappa shape index (κ1) is 22.9. The summed E-state index contributed by atoms with van der Waals surface area (Å²) in [6, 6.07) is 15.7. The van der Waals surface area contributed by atoms with Crippen molar-refractivity contribution in [3.8, 4) is 0 Å². The van der Waals surface area contributed by atoms with Crippen LogP contribution in [0, 0.1) is 5.82 Å². The van der Waals surface area contributed by atoms with Crippen LogP contribution in [0.4, 0.5) is 4.39 Å². The normalized spacial score (nSPS) is 11.7. The van der Waals surface area contributed by atoms with E-state index < -0.39 is 6.04 Å². The Morgan fingerprint density at radius 3 is 2.34 bits per heavy atom. The molecule has 2 aromatic carbocycles. The Bertz CT molecular complexity index is 768. The van der Waals surface area contributed by atoms with Gasteiger partial charge in [-0.05, 0) is 36.6 Å². The summed E-state index contributed by atoms with van der Waals surface area (Å²) >= 11 is 1.70. The average Bonchev–Trinajstić information content (AvgIpc) is 2.73. The van der Waals surface area contributed by atoms with Gasteiger partial charge in [0.05, 0.1) is 0 Å². The summed E-state index contributed by atoms with van der Waals surface area (Å²) in [7, 11) is 0. The van der Waals surface area contributed by atoms with Crippen molar-refractivity contribution in [1.82, 2.24) is 10.2 Å². The van der Waals surface area contributed by atoms with Gasteiger partial charge < -0.3 is 10.2 Å². The van der Waals surface area contributed by atoms with E-state index in [0.717, 1.165) is 11.3 Å². The maximum Gasteiger partial charge on any atom is 0.242 e. The zero-order valence-corrected chi connectivity index (χ0v) is 17.9. The van der Waals surface area contributed by atoms with Gasteiger partial charge in [0.1, 0.15) is 11.9 Å². The van der Waals surface area contributed by atoms with Crippen LogP contribution in [0.2, 0.25) is 0 Å². The van der Waals surface area contributed by atoms with Crippen LogP contribution in [-0.2, 0) is 21.9 Å². The van der Waals surface area contributed by atoms with Crippen molar-refractivity contribution in [1.29, 1.82) is 0 Å². The number of rotatable bonds is 11.